The van der Waals surface area contributed by atoms with Crippen molar-refractivity contribution < 1.29 is 9.90 Å². The van der Waals surface area contributed by atoms with Crippen molar-refractivity contribution in [3.8, 4) is 0 Å². The van der Waals surface area contributed by atoms with Crippen molar-refractivity contribution in [2.45, 2.75) is 18.9 Å². The highest BCUT2D eigenvalue weighted by atomic mass is 35.5. The molecule has 2 aromatic carbocycles. The van der Waals surface area contributed by atoms with Gasteiger partial charge in [-0.15, -0.1) is 0 Å². The number of rotatable bonds is 5. The number of aliphatic hydroxyl groups excluding tert-OH is 1. The molecule has 126 valence electrons. The minimum Gasteiger partial charge on any atom is -0.394 e. The van der Waals surface area contributed by atoms with E-state index in [1.54, 1.807) is 23.1 Å². The Morgan fingerprint density at radius 3 is 2.38 bits per heavy atom. The molecule has 3 nitrogen and oxygen atoms in total. The molecule has 0 aromatic heterocycles. The van der Waals surface area contributed by atoms with Gasteiger partial charge < -0.3 is 10.0 Å². The molecule has 24 heavy (non-hydrogen) atoms. The lowest BCUT2D eigenvalue weighted by Crippen LogP contribution is -2.34. The van der Waals surface area contributed by atoms with Crippen molar-refractivity contribution >= 4 is 29.1 Å². The number of carbonyl (C=O) groups excluding carboxylic acids is 1. The molecule has 1 fully saturated rings. The second kappa shape index (κ2) is 7.56. The molecule has 1 saturated heterocycles. The van der Waals surface area contributed by atoms with Gasteiger partial charge in [-0.3, -0.25) is 4.79 Å². The van der Waals surface area contributed by atoms with Crippen LogP contribution in [0.15, 0.2) is 48.5 Å². The molecule has 1 aliphatic rings. The van der Waals surface area contributed by atoms with Gasteiger partial charge in [-0.25, -0.2) is 0 Å². The molecule has 0 spiro atoms. The fraction of sp³-hybridized carbons (Fsp3) is 0.316. The maximum absolute atomic E-state index is 12.8. The van der Waals surface area contributed by atoms with Gasteiger partial charge in [0.2, 0.25) is 5.91 Å². The van der Waals surface area contributed by atoms with E-state index in [2.05, 4.69) is 0 Å². The van der Waals surface area contributed by atoms with E-state index in [0.29, 0.717) is 23.0 Å². The summed E-state index contributed by atoms with van der Waals surface area (Å²) in [6.07, 6.45) is 1.27. The Hall–Kier alpha value is -1.55. The monoisotopic (exact) mass is 363 g/mol. The van der Waals surface area contributed by atoms with E-state index in [-0.39, 0.29) is 24.5 Å². The average molecular weight is 364 g/mol. The third-order valence-electron chi connectivity index (χ3n) is 4.60. The fourth-order valence-electron chi connectivity index (χ4n) is 3.29. The molecule has 2 atom stereocenters. The van der Waals surface area contributed by atoms with E-state index in [4.69, 9.17) is 23.2 Å². The summed E-state index contributed by atoms with van der Waals surface area (Å²) in [6, 6.07) is 14.7. The van der Waals surface area contributed by atoms with Gasteiger partial charge in [-0.05, 0) is 36.1 Å². The van der Waals surface area contributed by atoms with Crippen LogP contribution in [0.25, 0.3) is 0 Å². The summed E-state index contributed by atoms with van der Waals surface area (Å²) in [6.45, 7) is 0.543. The van der Waals surface area contributed by atoms with E-state index < -0.39 is 0 Å². The Morgan fingerprint density at radius 1 is 1.08 bits per heavy atom. The molecule has 3 rings (SSSR count). The summed E-state index contributed by atoms with van der Waals surface area (Å²) in [7, 11) is 0. The molecule has 1 heterocycles. The molecule has 1 aliphatic heterocycles. The highest BCUT2D eigenvalue weighted by Gasteiger charge is 2.36. The van der Waals surface area contributed by atoms with E-state index in [1.165, 1.54) is 0 Å². The molecule has 0 radical (unpaired) electrons. The zero-order valence-corrected chi connectivity index (χ0v) is 14.7. The van der Waals surface area contributed by atoms with Crippen molar-refractivity contribution in [1.29, 1.82) is 0 Å². The Bertz CT molecular complexity index is 700. The van der Waals surface area contributed by atoms with Gasteiger partial charge in [0.05, 0.1) is 12.6 Å². The lowest BCUT2D eigenvalue weighted by atomic mass is 9.97. The van der Waals surface area contributed by atoms with Crippen LogP contribution in [-0.2, 0) is 11.2 Å². The van der Waals surface area contributed by atoms with Gasteiger partial charge in [0.15, 0.2) is 0 Å². The molecule has 0 aliphatic carbocycles. The van der Waals surface area contributed by atoms with Crippen molar-refractivity contribution in [2.24, 2.45) is 5.92 Å². The van der Waals surface area contributed by atoms with Gasteiger partial charge in [-0.2, -0.15) is 0 Å². The number of benzene rings is 2. The van der Waals surface area contributed by atoms with Crippen LogP contribution in [0.4, 0.5) is 0 Å². The minimum atomic E-state index is -0.301. The molecular weight excluding hydrogens is 345 g/mol. The van der Waals surface area contributed by atoms with E-state index in [1.807, 2.05) is 30.3 Å². The van der Waals surface area contributed by atoms with Crippen LogP contribution in [0.3, 0.4) is 0 Å². The summed E-state index contributed by atoms with van der Waals surface area (Å²) in [5.41, 5.74) is 1.77. The van der Waals surface area contributed by atoms with Crippen LogP contribution < -0.4 is 0 Å². The number of nitrogens with zero attached hydrogens (tertiary/aromatic N) is 1. The van der Waals surface area contributed by atoms with Crippen molar-refractivity contribution in [1.82, 2.24) is 4.90 Å². The molecule has 2 aromatic rings. The van der Waals surface area contributed by atoms with Gasteiger partial charge in [0.25, 0.3) is 0 Å². The van der Waals surface area contributed by atoms with Crippen LogP contribution in [0.5, 0.6) is 0 Å². The van der Waals surface area contributed by atoms with Crippen molar-refractivity contribution in [3.63, 3.8) is 0 Å². The summed E-state index contributed by atoms with van der Waals surface area (Å²) >= 11 is 12.5. The van der Waals surface area contributed by atoms with E-state index in [9.17, 15) is 9.90 Å². The first-order valence-electron chi connectivity index (χ1n) is 8.01. The molecule has 5 heteroatoms. The third kappa shape index (κ3) is 3.44. The standard InChI is InChI=1S/C19H19Cl2NO2/c20-16-7-4-8-17(21)15(16)11-14-9-10-22(19(14)24)18(12-23)13-5-2-1-3-6-13/h1-8,14,18,23H,9-12H2/t14-,18+/m0/s1. The number of amides is 1. The second-order valence-corrected chi connectivity index (χ2v) is 6.85. The first-order chi connectivity index (χ1) is 11.6. The first kappa shape index (κ1) is 17.3. The Kier molecular flexibility index (Phi) is 5.44. The molecule has 0 saturated carbocycles. The first-order valence-corrected chi connectivity index (χ1v) is 8.76. The minimum absolute atomic E-state index is 0.0499. The number of aliphatic hydroxyl groups is 1. The number of hydrogen-bond acceptors (Lipinski definition) is 2. The van der Waals surface area contributed by atoms with Crippen LogP contribution >= 0.6 is 23.2 Å². The molecule has 1 amide bonds. The predicted molar refractivity (Wildman–Crippen MR) is 96.3 cm³/mol. The molecule has 0 unspecified atom stereocenters. The van der Waals surface area contributed by atoms with Crippen LogP contribution in [0, 0.1) is 5.92 Å². The van der Waals surface area contributed by atoms with Gasteiger partial charge in [0.1, 0.15) is 0 Å². The summed E-state index contributed by atoms with van der Waals surface area (Å²) in [5.74, 6) is -0.103. The summed E-state index contributed by atoms with van der Waals surface area (Å²) in [4.78, 5) is 14.6. The second-order valence-electron chi connectivity index (χ2n) is 6.03. The van der Waals surface area contributed by atoms with Crippen molar-refractivity contribution in [3.05, 3.63) is 69.7 Å². The quantitative estimate of drug-likeness (QED) is 0.867. The van der Waals surface area contributed by atoms with E-state index >= 15 is 0 Å². The third-order valence-corrected chi connectivity index (χ3v) is 5.30. The van der Waals surface area contributed by atoms with Gasteiger partial charge in [0, 0.05) is 22.5 Å². The highest BCUT2D eigenvalue weighted by molar-refractivity contribution is 6.36. The Morgan fingerprint density at radius 2 is 1.75 bits per heavy atom. The molecule has 1 N–H and O–H groups in total. The predicted octanol–water partition coefficient (Wildman–Crippen LogP) is 4.12. The lowest BCUT2D eigenvalue weighted by molar-refractivity contribution is -0.133. The van der Waals surface area contributed by atoms with Crippen LogP contribution in [0.2, 0.25) is 10.0 Å². The number of likely N-dealkylation sites (tertiary alicyclic amines) is 1. The van der Waals surface area contributed by atoms with Gasteiger partial charge >= 0.3 is 0 Å². The maximum Gasteiger partial charge on any atom is 0.226 e. The van der Waals surface area contributed by atoms with Crippen LogP contribution in [-0.4, -0.2) is 29.1 Å². The average Bonchev–Trinajstić information content (AvgIpc) is 2.94. The normalized spacial score (nSPS) is 18.9. The zero-order chi connectivity index (χ0) is 17.1. The smallest absolute Gasteiger partial charge is 0.226 e. The highest BCUT2D eigenvalue weighted by Crippen LogP contribution is 2.34. The van der Waals surface area contributed by atoms with Crippen molar-refractivity contribution in [2.75, 3.05) is 13.2 Å². The summed E-state index contributed by atoms with van der Waals surface area (Å²) in [5, 5.41) is 11.0. The topological polar surface area (TPSA) is 40.5 Å². The molecule has 0 bridgehead atoms. The Balaban J connectivity index is 1.77. The largest absolute Gasteiger partial charge is 0.394 e. The SMILES string of the molecule is O=C1[C@H](Cc2c(Cl)cccc2Cl)CCN1[C@H](CO)c1ccccc1. The van der Waals surface area contributed by atoms with E-state index in [0.717, 1.165) is 17.5 Å². The maximum atomic E-state index is 12.8. The lowest BCUT2D eigenvalue weighted by Gasteiger charge is -2.27. The zero-order valence-electron chi connectivity index (χ0n) is 13.2. The Labute approximate surface area is 151 Å². The number of halogens is 2. The number of carbonyl (C=O) groups is 1. The van der Waals surface area contributed by atoms with Gasteiger partial charge in [-0.1, -0.05) is 59.6 Å². The van der Waals surface area contributed by atoms with Crippen LogP contribution in [0.1, 0.15) is 23.6 Å². The molecular formula is C19H19Cl2NO2. The summed E-state index contributed by atoms with van der Waals surface area (Å²) < 4.78 is 0. The number of hydrogen-bond donors (Lipinski definition) is 1. The fourth-order valence-corrected chi connectivity index (χ4v) is 3.85.